The average Bonchev–Trinajstić information content (AvgIpc) is 2.97. The number of H-pyrrole nitrogens is 1. The van der Waals surface area contributed by atoms with Gasteiger partial charge in [0.15, 0.2) is 0 Å². The van der Waals surface area contributed by atoms with Gasteiger partial charge in [-0.3, -0.25) is 14.5 Å². The van der Waals surface area contributed by atoms with E-state index in [9.17, 15) is 9.59 Å². The molecule has 1 amide bonds. The number of carbonyl (C=O) groups is 1. The minimum Gasteiger partial charge on any atom is -0.341 e. The van der Waals surface area contributed by atoms with E-state index in [4.69, 9.17) is 0 Å². The molecule has 0 unspecified atom stereocenters. The molecule has 6 heteroatoms. The quantitative estimate of drug-likeness (QED) is 0.895. The van der Waals surface area contributed by atoms with Crippen LogP contribution in [0, 0.1) is 12.8 Å². The van der Waals surface area contributed by atoms with E-state index in [1.165, 1.54) is 18.2 Å². The Morgan fingerprint density at radius 1 is 1.19 bits per heavy atom. The highest BCUT2D eigenvalue weighted by atomic mass is 16.2. The molecule has 5 rings (SSSR count). The SMILES string of the molecule is Cc1ncc(CC(=O)N2C[C@H]3CC[C@@H](C2)N(Cc2ccccc2)C3)c(=O)[nH]1. The number of fused-ring (bicyclic) bond motifs is 4. The van der Waals surface area contributed by atoms with Crippen molar-refractivity contribution in [3.8, 4) is 0 Å². The third-order valence-corrected chi connectivity index (χ3v) is 5.75. The summed E-state index contributed by atoms with van der Waals surface area (Å²) in [7, 11) is 0. The van der Waals surface area contributed by atoms with Crippen molar-refractivity contribution in [2.45, 2.75) is 38.8 Å². The molecule has 6 nitrogen and oxygen atoms in total. The van der Waals surface area contributed by atoms with Crippen molar-refractivity contribution in [1.82, 2.24) is 19.8 Å². The molecule has 0 radical (unpaired) electrons. The lowest BCUT2D eigenvalue weighted by Crippen LogP contribution is -2.44. The normalized spacial score (nSPS) is 22.6. The summed E-state index contributed by atoms with van der Waals surface area (Å²) < 4.78 is 0. The number of aryl methyl sites for hydroxylation is 1. The fourth-order valence-corrected chi connectivity index (χ4v) is 4.31. The molecule has 2 bridgehead atoms. The number of aromatic amines is 1. The second-order valence-electron chi connectivity index (χ2n) is 7.81. The Balaban J connectivity index is 1.45. The minimum absolute atomic E-state index is 0.0321. The molecular weight excluding hydrogens is 340 g/mol. The summed E-state index contributed by atoms with van der Waals surface area (Å²) in [4.78, 5) is 36.2. The van der Waals surface area contributed by atoms with Gasteiger partial charge < -0.3 is 9.88 Å². The third kappa shape index (κ3) is 4.11. The average molecular weight is 366 g/mol. The summed E-state index contributed by atoms with van der Waals surface area (Å²) in [6.07, 6.45) is 3.96. The maximum atomic E-state index is 12.9. The number of nitrogens with one attached hydrogen (secondary N) is 1. The fourth-order valence-electron chi connectivity index (χ4n) is 4.31. The first-order valence-electron chi connectivity index (χ1n) is 9.69. The summed E-state index contributed by atoms with van der Waals surface area (Å²) in [6.45, 7) is 5.25. The van der Waals surface area contributed by atoms with Gasteiger partial charge in [-0.15, -0.1) is 0 Å². The van der Waals surface area contributed by atoms with Crippen LogP contribution < -0.4 is 5.56 Å². The van der Waals surface area contributed by atoms with Crippen LogP contribution in [0.5, 0.6) is 0 Å². The summed E-state index contributed by atoms with van der Waals surface area (Å²) in [6, 6.07) is 10.9. The van der Waals surface area contributed by atoms with Gasteiger partial charge in [0, 0.05) is 44.0 Å². The predicted octanol–water partition coefficient (Wildman–Crippen LogP) is 1.74. The lowest BCUT2D eigenvalue weighted by molar-refractivity contribution is -0.130. The van der Waals surface area contributed by atoms with Crippen LogP contribution in [-0.4, -0.2) is 51.4 Å². The van der Waals surface area contributed by atoms with Crippen LogP contribution in [0.2, 0.25) is 0 Å². The van der Waals surface area contributed by atoms with Gasteiger partial charge in [-0.25, -0.2) is 4.98 Å². The standard InChI is InChI=1S/C21H26N4O2/c1-15-22-10-18(21(27)23-15)9-20(26)25-13-17-7-8-19(14-25)24(12-17)11-16-5-3-2-4-6-16/h2-6,10,17,19H,7-9,11-14H2,1H3,(H,22,23,27)/t17-,19-/m0/s1. The van der Waals surface area contributed by atoms with Crippen LogP contribution in [-0.2, 0) is 17.8 Å². The zero-order valence-electron chi connectivity index (χ0n) is 15.7. The second-order valence-corrected chi connectivity index (χ2v) is 7.81. The van der Waals surface area contributed by atoms with E-state index in [1.807, 2.05) is 11.0 Å². The molecule has 142 valence electrons. The molecule has 4 heterocycles. The molecule has 0 spiro atoms. The Morgan fingerprint density at radius 3 is 2.78 bits per heavy atom. The molecule has 3 fully saturated rings. The van der Waals surface area contributed by atoms with Crippen molar-refractivity contribution in [1.29, 1.82) is 0 Å². The van der Waals surface area contributed by atoms with Crippen LogP contribution in [0.3, 0.4) is 0 Å². The molecule has 2 atom stereocenters. The Hall–Kier alpha value is -2.47. The van der Waals surface area contributed by atoms with Crippen molar-refractivity contribution in [3.63, 3.8) is 0 Å². The van der Waals surface area contributed by atoms with E-state index in [2.05, 4.69) is 39.1 Å². The number of rotatable bonds is 4. The zero-order chi connectivity index (χ0) is 18.8. The maximum absolute atomic E-state index is 12.9. The maximum Gasteiger partial charge on any atom is 0.254 e. The van der Waals surface area contributed by atoms with Crippen LogP contribution in [0.1, 0.15) is 29.8 Å². The highest BCUT2D eigenvalue weighted by Gasteiger charge is 2.36. The Morgan fingerprint density at radius 2 is 2.00 bits per heavy atom. The van der Waals surface area contributed by atoms with Gasteiger partial charge in [0.25, 0.3) is 5.56 Å². The molecule has 1 N–H and O–H groups in total. The smallest absolute Gasteiger partial charge is 0.254 e. The van der Waals surface area contributed by atoms with Crippen molar-refractivity contribution in [3.05, 3.63) is 63.8 Å². The number of carbonyl (C=O) groups excluding carboxylic acids is 1. The fraction of sp³-hybridized carbons (Fsp3) is 0.476. The van der Waals surface area contributed by atoms with E-state index in [0.717, 1.165) is 32.6 Å². The summed E-state index contributed by atoms with van der Waals surface area (Å²) in [5.41, 5.74) is 1.56. The number of nitrogens with zero attached hydrogens (tertiary/aromatic N) is 3. The van der Waals surface area contributed by atoms with Crippen LogP contribution >= 0.6 is 0 Å². The zero-order valence-corrected chi connectivity index (χ0v) is 15.7. The van der Waals surface area contributed by atoms with Gasteiger partial charge in [-0.2, -0.15) is 0 Å². The van der Waals surface area contributed by atoms with E-state index < -0.39 is 0 Å². The van der Waals surface area contributed by atoms with Crippen LogP contribution in [0.25, 0.3) is 0 Å². The van der Waals surface area contributed by atoms with Gasteiger partial charge in [0.2, 0.25) is 5.91 Å². The van der Waals surface area contributed by atoms with E-state index in [0.29, 0.717) is 23.3 Å². The van der Waals surface area contributed by atoms with E-state index in [1.54, 1.807) is 6.92 Å². The van der Waals surface area contributed by atoms with Gasteiger partial charge >= 0.3 is 0 Å². The topological polar surface area (TPSA) is 69.3 Å². The summed E-state index contributed by atoms with van der Waals surface area (Å²) in [5, 5.41) is 0. The number of benzene rings is 1. The Labute approximate surface area is 159 Å². The first kappa shape index (κ1) is 17.9. The number of aromatic nitrogens is 2. The number of hydrogen-bond acceptors (Lipinski definition) is 4. The van der Waals surface area contributed by atoms with Crippen molar-refractivity contribution < 1.29 is 4.79 Å². The third-order valence-electron chi connectivity index (χ3n) is 5.75. The second kappa shape index (κ2) is 7.64. The first-order valence-corrected chi connectivity index (χ1v) is 9.69. The molecule has 0 saturated carbocycles. The lowest BCUT2D eigenvalue weighted by Gasteiger charge is -2.36. The molecule has 27 heavy (non-hydrogen) atoms. The number of hydrogen-bond donors (Lipinski definition) is 1. The van der Waals surface area contributed by atoms with E-state index in [-0.39, 0.29) is 17.9 Å². The van der Waals surface area contributed by atoms with Gasteiger partial charge in [-0.1, -0.05) is 30.3 Å². The van der Waals surface area contributed by atoms with Gasteiger partial charge in [0.05, 0.1) is 6.42 Å². The Kier molecular flexibility index (Phi) is 5.07. The number of amides is 1. The molecule has 3 saturated heterocycles. The molecule has 3 aliphatic rings. The van der Waals surface area contributed by atoms with Crippen molar-refractivity contribution in [2.75, 3.05) is 19.6 Å². The molecular formula is C21H26N4O2. The first-order chi connectivity index (χ1) is 13.1. The summed E-state index contributed by atoms with van der Waals surface area (Å²) in [5.74, 6) is 1.11. The summed E-state index contributed by atoms with van der Waals surface area (Å²) >= 11 is 0. The predicted molar refractivity (Wildman–Crippen MR) is 103 cm³/mol. The largest absolute Gasteiger partial charge is 0.341 e. The van der Waals surface area contributed by atoms with Crippen LogP contribution in [0.4, 0.5) is 0 Å². The molecule has 1 aromatic heterocycles. The van der Waals surface area contributed by atoms with Crippen LogP contribution in [0.15, 0.2) is 41.3 Å². The van der Waals surface area contributed by atoms with Gasteiger partial charge in [0.1, 0.15) is 5.82 Å². The highest BCUT2D eigenvalue weighted by Crippen LogP contribution is 2.29. The Bertz CT molecular complexity index is 864. The highest BCUT2D eigenvalue weighted by molar-refractivity contribution is 5.78. The molecule has 2 aromatic rings. The van der Waals surface area contributed by atoms with E-state index >= 15 is 0 Å². The van der Waals surface area contributed by atoms with Crippen molar-refractivity contribution >= 4 is 5.91 Å². The molecule has 1 aromatic carbocycles. The van der Waals surface area contributed by atoms with Gasteiger partial charge in [-0.05, 0) is 31.2 Å². The molecule has 0 aliphatic carbocycles. The molecule has 3 aliphatic heterocycles. The lowest BCUT2D eigenvalue weighted by atomic mass is 9.94. The van der Waals surface area contributed by atoms with Crippen molar-refractivity contribution in [2.24, 2.45) is 5.92 Å². The number of piperidine rings is 1. The monoisotopic (exact) mass is 366 g/mol. The minimum atomic E-state index is -0.209.